The second kappa shape index (κ2) is 5.57. The largest absolute Gasteiger partial charge is 0.386 e. The van der Waals surface area contributed by atoms with Crippen LogP contribution in [-0.2, 0) is 6.54 Å². The lowest BCUT2D eigenvalue weighted by Gasteiger charge is -2.14. The van der Waals surface area contributed by atoms with Crippen LogP contribution in [0.25, 0.3) is 0 Å². The minimum Gasteiger partial charge on any atom is -0.386 e. The zero-order valence-corrected chi connectivity index (χ0v) is 12.1. The van der Waals surface area contributed by atoms with Gasteiger partial charge < -0.3 is 5.11 Å². The first-order valence-corrected chi connectivity index (χ1v) is 6.76. The van der Waals surface area contributed by atoms with Gasteiger partial charge in [0.05, 0.1) is 18.3 Å². The van der Waals surface area contributed by atoms with Crippen LogP contribution in [0.1, 0.15) is 48.4 Å². The van der Waals surface area contributed by atoms with E-state index < -0.39 is 6.10 Å². The van der Waals surface area contributed by atoms with Gasteiger partial charge in [0.1, 0.15) is 0 Å². The number of hydrogen-bond acceptors (Lipinski definition) is 2. The summed E-state index contributed by atoms with van der Waals surface area (Å²) in [5, 5.41) is 14.7. The van der Waals surface area contributed by atoms with Gasteiger partial charge >= 0.3 is 0 Å². The molecule has 19 heavy (non-hydrogen) atoms. The Kier molecular flexibility index (Phi) is 4.05. The third-order valence-electron chi connectivity index (χ3n) is 3.44. The van der Waals surface area contributed by atoms with Crippen LogP contribution in [0.15, 0.2) is 30.3 Å². The topological polar surface area (TPSA) is 38.0 Å². The molecule has 0 spiro atoms. The van der Waals surface area contributed by atoms with Gasteiger partial charge in [-0.15, -0.1) is 0 Å². The lowest BCUT2D eigenvalue weighted by molar-refractivity contribution is 0.150. The molecule has 0 aliphatic heterocycles. The molecule has 0 saturated carbocycles. The maximum atomic E-state index is 10.3. The van der Waals surface area contributed by atoms with Gasteiger partial charge in [0.15, 0.2) is 0 Å². The second-order valence-electron chi connectivity index (χ2n) is 5.45. The van der Waals surface area contributed by atoms with E-state index in [2.05, 4.69) is 31.1 Å². The molecule has 3 nitrogen and oxygen atoms in total. The molecule has 2 aromatic rings. The van der Waals surface area contributed by atoms with Gasteiger partial charge in [0.2, 0.25) is 0 Å². The van der Waals surface area contributed by atoms with Crippen molar-refractivity contribution in [2.24, 2.45) is 0 Å². The van der Waals surface area contributed by atoms with Crippen molar-refractivity contribution in [3.63, 3.8) is 0 Å². The predicted molar refractivity (Wildman–Crippen MR) is 77.2 cm³/mol. The Morgan fingerprint density at radius 1 is 1.11 bits per heavy atom. The average molecular weight is 258 g/mol. The predicted octanol–water partition coefficient (Wildman–Crippen LogP) is 3.36. The molecule has 0 saturated heterocycles. The molecule has 1 unspecified atom stereocenters. The first-order chi connectivity index (χ1) is 8.97. The summed E-state index contributed by atoms with van der Waals surface area (Å²) in [7, 11) is 0. The summed E-state index contributed by atoms with van der Waals surface area (Å²) in [6, 6.07) is 10.2. The van der Waals surface area contributed by atoms with Gasteiger partial charge in [-0.1, -0.05) is 38.1 Å². The van der Waals surface area contributed by atoms with Crippen LogP contribution in [0, 0.1) is 13.8 Å². The number of aryl methyl sites for hydroxylation is 2. The first-order valence-electron chi connectivity index (χ1n) is 6.76. The molecule has 0 amide bonds. The van der Waals surface area contributed by atoms with Gasteiger partial charge in [-0.2, -0.15) is 5.10 Å². The van der Waals surface area contributed by atoms with Crippen molar-refractivity contribution >= 4 is 0 Å². The van der Waals surface area contributed by atoms with Crippen molar-refractivity contribution in [2.75, 3.05) is 0 Å². The molecule has 3 heteroatoms. The normalized spacial score (nSPS) is 12.9. The van der Waals surface area contributed by atoms with Gasteiger partial charge in [-0.3, -0.25) is 4.68 Å². The van der Waals surface area contributed by atoms with Crippen LogP contribution in [0.3, 0.4) is 0 Å². The Balaban J connectivity index is 2.11. The quantitative estimate of drug-likeness (QED) is 0.913. The molecule has 102 valence electrons. The number of aliphatic hydroxyl groups is 1. The van der Waals surface area contributed by atoms with Crippen LogP contribution in [0.2, 0.25) is 0 Å². The zero-order valence-electron chi connectivity index (χ0n) is 12.1. The summed E-state index contributed by atoms with van der Waals surface area (Å²) in [6.07, 6.45) is -0.515. The number of aliphatic hydroxyl groups excluding tert-OH is 1. The Morgan fingerprint density at radius 2 is 1.68 bits per heavy atom. The van der Waals surface area contributed by atoms with Crippen LogP contribution in [0.4, 0.5) is 0 Å². The number of nitrogens with zero attached hydrogens (tertiary/aromatic N) is 2. The standard InChI is InChI=1S/C16H22N2O/c1-11(2)14-5-7-15(8-6-14)16(19)10-18-13(4)9-12(3)17-18/h5-9,11,16,19H,10H2,1-4H3. The number of hydrogen-bond donors (Lipinski definition) is 1. The molecule has 1 heterocycles. The van der Waals surface area contributed by atoms with E-state index >= 15 is 0 Å². The van der Waals surface area contributed by atoms with Crippen molar-refractivity contribution in [1.82, 2.24) is 9.78 Å². The average Bonchev–Trinajstić information content (AvgIpc) is 2.68. The number of aromatic nitrogens is 2. The Labute approximate surface area is 114 Å². The zero-order chi connectivity index (χ0) is 14.0. The fourth-order valence-electron chi connectivity index (χ4n) is 2.23. The highest BCUT2D eigenvalue weighted by Gasteiger charge is 2.11. The summed E-state index contributed by atoms with van der Waals surface area (Å²) in [6.45, 7) is 8.81. The van der Waals surface area contributed by atoms with Crippen LogP contribution in [-0.4, -0.2) is 14.9 Å². The Morgan fingerprint density at radius 3 is 2.16 bits per heavy atom. The summed E-state index contributed by atoms with van der Waals surface area (Å²) < 4.78 is 1.86. The van der Waals surface area contributed by atoms with Gasteiger partial charge in [0.25, 0.3) is 0 Å². The fourth-order valence-corrected chi connectivity index (χ4v) is 2.23. The highest BCUT2D eigenvalue weighted by molar-refractivity contribution is 5.26. The van der Waals surface area contributed by atoms with E-state index in [-0.39, 0.29) is 0 Å². The second-order valence-corrected chi connectivity index (χ2v) is 5.45. The van der Waals surface area contributed by atoms with Crippen molar-refractivity contribution in [2.45, 2.75) is 46.3 Å². The first kappa shape index (κ1) is 13.8. The highest BCUT2D eigenvalue weighted by atomic mass is 16.3. The van der Waals surface area contributed by atoms with E-state index in [1.807, 2.05) is 36.7 Å². The van der Waals surface area contributed by atoms with Gasteiger partial charge in [-0.05, 0) is 37.0 Å². The smallest absolute Gasteiger partial charge is 0.0985 e. The van der Waals surface area contributed by atoms with Crippen molar-refractivity contribution in [3.05, 3.63) is 52.8 Å². The van der Waals surface area contributed by atoms with E-state index in [9.17, 15) is 5.11 Å². The van der Waals surface area contributed by atoms with Gasteiger partial charge in [-0.25, -0.2) is 0 Å². The molecule has 0 aliphatic carbocycles. The third kappa shape index (κ3) is 3.24. The Bertz CT molecular complexity index is 540. The minimum atomic E-state index is -0.515. The summed E-state index contributed by atoms with van der Waals surface area (Å²) >= 11 is 0. The van der Waals surface area contributed by atoms with Crippen LogP contribution < -0.4 is 0 Å². The van der Waals surface area contributed by atoms with E-state index in [0.717, 1.165) is 17.0 Å². The van der Waals surface area contributed by atoms with Crippen molar-refractivity contribution < 1.29 is 5.11 Å². The fraction of sp³-hybridized carbons (Fsp3) is 0.438. The van der Waals surface area contributed by atoms with E-state index in [1.54, 1.807) is 0 Å². The van der Waals surface area contributed by atoms with E-state index in [1.165, 1.54) is 5.56 Å². The molecule has 0 aliphatic rings. The Hall–Kier alpha value is -1.61. The van der Waals surface area contributed by atoms with Crippen LogP contribution in [0.5, 0.6) is 0 Å². The van der Waals surface area contributed by atoms with Gasteiger partial charge in [0, 0.05) is 5.69 Å². The third-order valence-corrected chi connectivity index (χ3v) is 3.44. The molecular formula is C16H22N2O. The van der Waals surface area contributed by atoms with Crippen molar-refractivity contribution in [3.8, 4) is 0 Å². The molecule has 1 atom stereocenters. The van der Waals surface area contributed by atoms with Crippen LogP contribution >= 0.6 is 0 Å². The number of benzene rings is 1. The number of rotatable bonds is 4. The molecule has 0 bridgehead atoms. The van der Waals surface area contributed by atoms with E-state index in [4.69, 9.17) is 0 Å². The molecule has 1 aromatic heterocycles. The lowest BCUT2D eigenvalue weighted by Crippen LogP contribution is -2.11. The molecular weight excluding hydrogens is 236 g/mol. The maximum Gasteiger partial charge on any atom is 0.0985 e. The molecule has 0 fully saturated rings. The molecule has 1 N–H and O–H groups in total. The molecule has 2 rings (SSSR count). The highest BCUT2D eigenvalue weighted by Crippen LogP contribution is 2.20. The summed E-state index contributed by atoms with van der Waals surface area (Å²) in [5.41, 5.74) is 4.30. The molecule has 0 radical (unpaired) electrons. The maximum absolute atomic E-state index is 10.3. The summed E-state index contributed by atoms with van der Waals surface area (Å²) in [5.74, 6) is 0.516. The van der Waals surface area contributed by atoms with Crippen molar-refractivity contribution in [1.29, 1.82) is 0 Å². The minimum absolute atomic E-state index is 0.501. The van der Waals surface area contributed by atoms with E-state index in [0.29, 0.717) is 12.5 Å². The molecule has 1 aromatic carbocycles. The SMILES string of the molecule is Cc1cc(C)n(CC(O)c2ccc(C(C)C)cc2)n1. The lowest BCUT2D eigenvalue weighted by atomic mass is 10.00. The summed E-state index contributed by atoms with van der Waals surface area (Å²) in [4.78, 5) is 0. The monoisotopic (exact) mass is 258 g/mol.